The largest absolute Gasteiger partial charge is 0.507 e. The average molecular weight is 230 g/mol. The smallest absolute Gasteiger partial charge is 0.257 e. The number of aromatic nitrogens is 1. The molecule has 0 saturated carbocycles. The van der Waals surface area contributed by atoms with Crippen LogP contribution in [0.2, 0.25) is 0 Å². The first-order valence-corrected chi connectivity index (χ1v) is 5.46. The lowest BCUT2D eigenvalue weighted by molar-refractivity contribution is 0.0799. The van der Waals surface area contributed by atoms with Crippen molar-refractivity contribution in [1.82, 2.24) is 9.88 Å². The Bertz CT molecular complexity index is 566. The maximum Gasteiger partial charge on any atom is 0.257 e. The van der Waals surface area contributed by atoms with Gasteiger partial charge in [-0.3, -0.25) is 9.78 Å². The van der Waals surface area contributed by atoms with Gasteiger partial charge in [0.2, 0.25) is 0 Å². The van der Waals surface area contributed by atoms with Crippen LogP contribution in [0.5, 0.6) is 5.75 Å². The van der Waals surface area contributed by atoms with Crippen LogP contribution in [-0.2, 0) is 0 Å². The molecule has 0 radical (unpaired) electrons. The van der Waals surface area contributed by atoms with Crippen molar-refractivity contribution in [3.05, 3.63) is 36.0 Å². The molecule has 1 aromatic heterocycles. The summed E-state index contributed by atoms with van der Waals surface area (Å²) in [5.74, 6) is -0.201. The molecule has 1 aromatic carbocycles. The molecule has 4 heteroatoms. The summed E-state index contributed by atoms with van der Waals surface area (Å²) in [7, 11) is 1.70. The molecule has 17 heavy (non-hydrogen) atoms. The van der Waals surface area contributed by atoms with Gasteiger partial charge in [0.15, 0.2) is 0 Å². The summed E-state index contributed by atoms with van der Waals surface area (Å²) in [6, 6.07) is 6.83. The number of carbonyl (C=O) groups excluding carboxylic acids is 1. The molecule has 2 rings (SSSR count). The molecule has 1 heterocycles. The standard InChI is InChI=1S/C13H14N2O2/c1-3-15(2)13(17)10-8-11-9(7-12(10)16)5-4-6-14-11/h4-8,16H,3H2,1-2H3. The van der Waals surface area contributed by atoms with Crippen LogP contribution in [0, 0.1) is 0 Å². The molecular weight excluding hydrogens is 216 g/mol. The minimum absolute atomic E-state index is 0.00389. The van der Waals surface area contributed by atoms with Crippen molar-refractivity contribution in [2.45, 2.75) is 6.92 Å². The van der Waals surface area contributed by atoms with Gasteiger partial charge in [-0.2, -0.15) is 0 Å². The molecule has 0 aliphatic carbocycles. The van der Waals surface area contributed by atoms with E-state index in [2.05, 4.69) is 4.98 Å². The fourth-order valence-electron chi connectivity index (χ4n) is 1.63. The highest BCUT2D eigenvalue weighted by Crippen LogP contribution is 2.24. The molecule has 2 aromatic rings. The first-order valence-electron chi connectivity index (χ1n) is 5.46. The summed E-state index contributed by atoms with van der Waals surface area (Å²) in [5, 5.41) is 10.7. The van der Waals surface area contributed by atoms with E-state index in [-0.39, 0.29) is 11.7 Å². The van der Waals surface area contributed by atoms with Crippen LogP contribution in [0.15, 0.2) is 30.5 Å². The van der Waals surface area contributed by atoms with E-state index in [0.29, 0.717) is 17.6 Å². The highest BCUT2D eigenvalue weighted by molar-refractivity contribution is 6.00. The molecule has 1 amide bonds. The number of benzene rings is 1. The van der Waals surface area contributed by atoms with Crippen molar-refractivity contribution >= 4 is 16.8 Å². The number of hydrogen-bond donors (Lipinski definition) is 1. The number of carbonyl (C=O) groups is 1. The fraction of sp³-hybridized carbons (Fsp3) is 0.231. The van der Waals surface area contributed by atoms with E-state index < -0.39 is 0 Å². The number of fused-ring (bicyclic) bond motifs is 1. The minimum Gasteiger partial charge on any atom is -0.507 e. The Morgan fingerprint density at radius 3 is 2.94 bits per heavy atom. The highest BCUT2D eigenvalue weighted by atomic mass is 16.3. The molecule has 4 nitrogen and oxygen atoms in total. The zero-order chi connectivity index (χ0) is 12.4. The number of aromatic hydroxyl groups is 1. The summed E-state index contributed by atoms with van der Waals surface area (Å²) >= 11 is 0. The third kappa shape index (κ3) is 2.06. The molecule has 0 unspecified atom stereocenters. The second-order valence-corrected chi connectivity index (χ2v) is 3.88. The maximum atomic E-state index is 12.0. The minimum atomic E-state index is -0.197. The average Bonchev–Trinajstić information content (AvgIpc) is 2.36. The summed E-state index contributed by atoms with van der Waals surface area (Å²) < 4.78 is 0. The van der Waals surface area contributed by atoms with Gasteiger partial charge in [0, 0.05) is 25.2 Å². The molecule has 0 aliphatic rings. The Morgan fingerprint density at radius 1 is 1.47 bits per heavy atom. The van der Waals surface area contributed by atoms with E-state index >= 15 is 0 Å². The fourth-order valence-corrected chi connectivity index (χ4v) is 1.63. The van der Waals surface area contributed by atoms with Crippen molar-refractivity contribution < 1.29 is 9.90 Å². The molecule has 0 bridgehead atoms. The zero-order valence-electron chi connectivity index (χ0n) is 9.84. The Hall–Kier alpha value is -2.10. The summed E-state index contributed by atoms with van der Waals surface area (Å²) in [6.07, 6.45) is 1.66. The Kier molecular flexibility index (Phi) is 2.95. The van der Waals surface area contributed by atoms with Crippen LogP contribution >= 0.6 is 0 Å². The van der Waals surface area contributed by atoms with Gasteiger partial charge in [-0.05, 0) is 25.1 Å². The van der Waals surface area contributed by atoms with Gasteiger partial charge in [0.25, 0.3) is 5.91 Å². The van der Waals surface area contributed by atoms with Gasteiger partial charge in [-0.25, -0.2) is 0 Å². The van der Waals surface area contributed by atoms with Crippen LogP contribution in [0.1, 0.15) is 17.3 Å². The topological polar surface area (TPSA) is 53.4 Å². The third-order valence-electron chi connectivity index (χ3n) is 2.77. The Labute approximate surface area is 99.5 Å². The van der Waals surface area contributed by atoms with E-state index in [1.54, 1.807) is 36.3 Å². The van der Waals surface area contributed by atoms with Gasteiger partial charge >= 0.3 is 0 Å². The van der Waals surface area contributed by atoms with Crippen molar-refractivity contribution in [1.29, 1.82) is 0 Å². The molecule has 0 atom stereocenters. The molecule has 0 saturated heterocycles. The van der Waals surface area contributed by atoms with E-state index in [1.165, 1.54) is 0 Å². The summed E-state index contributed by atoms with van der Waals surface area (Å²) in [6.45, 7) is 2.48. The molecular formula is C13H14N2O2. The number of hydrogen-bond acceptors (Lipinski definition) is 3. The van der Waals surface area contributed by atoms with E-state index in [4.69, 9.17) is 0 Å². The molecule has 0 aliphatic heterocycles. The van der Waals surface area contributed by atoms with E-state index in [0.717, 1.165) is 5.39 Å². The first-order chi connectivity index (χ1) is 8.13. The van der Waals surface area contributed by atoms with Gasteiger partial charge in [-0.1, -0.05) is 6.07 Å². The van der Waals surface area contributed by atoms with Crippen molar-refractivity contribution in [3.8, 4) is 5.75 Å². The molecule has 88 valence electrons. The number of nitrogens with zero attached hydrogens (tertiary/aromatic N) is 2. The monoisotopic (exact) mass is 230 g/mol. The lowest BCUT2D eigenvalue weighted by Gasteiger charge is -2.15. The van der Waals surface area contributed by atoms with Gasteiger partial charge < -0.3 is 10.0 Å². The van der Waals surface area contributed by atoms with Crippen LogP contribution in [0.3, 0.4) is 0 Å². The summed E-state index contributed by atoms with van der Waals surface area (Å²) in [4.78, 5) is 17.7. The van der Waals surface area contributed by atoms with Crippen LogP contribution < -0.4 is 0 Å². The number of rotatable bonds is 2. The second kappa shape index (κ2) is 4.41. The number of phenolic OH excluding ortho intramolecular Hbond substituents is 1. The van der Waals surface area contributed by atoms with Crippen molar-refractivity contribution in [3.63, 3.8) is 0 Å². The summed E-state index contributed by atoms with van der Waals surface area (Å²) in [5.41, 5.74) is 0.999. The van der Waals surface area contributed by atoms with Crippen LogP contribution in [0.25, 0.3) is 10.9 Å². The van der Waals surface area contributed by atoms with Crippen molar-refractivity contribution in [2.75, 3.05) is 13.6 Å². The Morgan fingerprint density at radius 2 is 2.24 bits per heavy atom. The van der Waals surface area contributed by atoms with Crippen LogP contribution in [-0.4, -0.2) is 34.5 Å². The molecule has 1 N–H and O–H groups in total. The number of phenols is 1. The predicted octanol–water partition coefficient (Wildman–Crippen LogP) is 2.03. The van der Waals surface area contributed by atoms with Gasteiger partial charge in [-0.15, -0.1) is 0 Å². The zero-order valence-corrected chi connectivity index (χ0v) is 9.84. The molecule has 0 fully saturated rings. The number of pyridine rings is 1. The highest BCUT2D eigenvalue weighted by Gasteiger charge is 2.15. The first kappa shape index (κ1) is 11.4. The third-order valence-corrected chi connectivity index (χ3v) is 2.77. The molecule has 0 spiro atoms. The number of amides is 1. The SMILES string of the molecule is CCN(C)C(=O)c1cc2ncccc2cc1O. The lowest BCUT2D eigenvalue weighted by Crippen LogP contribution is -2.26. The Balaban J connectivity index is 2.54. The second-order valence-electron chi connectivity index (χ2n) is 3.88. The maximum absolute atomic E-state index is 12.0. The normalized spacial score (nSPS) is 10.5. The van der Waals surface area contributed by atoms with Gasteiger partial charge in [0.05, 0.1) is 11.1 Å². The van der Waals surface area contributed by atoms with Crippen LogP contribution in [0.4, 0.5) is 0 Å². The lowest BCUT2D eigenvalue weighted by atomic mass is 10.1. The van der Waals surface area contributed by atoms with Gasteiger partial charge in [0.1, 0.15) is 5.75 Å². The van der Waals surface area contributed by atoms with E-state index in [9.17, 15) is 9.90 Å². The quantitative estimate of drug-likeness (QED) is 0.858. The predicted molar refractivity (Wildman–Crippen MR) is 66.0 cm³/mol. The van der Waals surface area contributed by atoms with Crippen molar-refractivity contribution in [2.24, 2.45) is 0 Å². The van der Waals surface area contributed by atoms with E-state index in [1.807, 2.05) is 13.0 Å².